The number of carbonyl (C=O) groups is 2. The maximum absolute atomic E-state index is 12.5. The monoisotopic (exact) mass is 336 g/mol. The first kappa shape index (κ1) is 20.0. The highest BCUT2D eigenvalue weighted by molar-refractivity contribution is 6.06. The molecule has 24 heavy (non-hydrogen) atoms. The maximum atomic E-state index is 12.5. The fourth-order valence-corrected chi connectivity index (χ4v) is 2.48. The van der Waals surface area contributed by atoms with Crippen molar-refractivity contribution in [2.75, 3.05) is 39.6 Å². The molecule has 0 fully saturated rings. The number of rotatable bonds is 8. The molecule has 0 unspecified atom stereocenters. The van der Waals surface area contributed by atoms with E-state index in [2.05, 4.69) is 0 Å². The summed E-state index contributed by atoms with van der Waals surface area (Å²) in [5, 5.41) is 0. The number of hydrogen-bond donors (Lipinski definition) is 1. The fourth-order valence-electron chi connectivity index (χ4n) is 2.48. The van der Waals surface area contributed by atoms with Crippen LogP contribution in [0, 0.1) is 5.41 Å². The van der Waals surface area contributed by atoms with Gasteiger partial charge < -0.3 is 20.1 Å². The van der Waals surface area contributed by atoms with E-state index >= 15 is 0 Å². The molecule has 1 aromatic rings. The van der Waals surface area contributed by atoms with E-state index in [0.717, 1.165) is 6.54 Å². The van der Waals surface area contributed by atoms with Gasteiger partial charge in [0.1, 0.15) is 0 Å². The summed E-state index contributed by atoms with van der Waals surface area (Å²) in [6, 6.07) is 4.71. The second-order valence-electron chi connectivity index (χ2n) is 6.88. The highest BCUT2D eigenvalue weighted by atomic mass is 16.5. The zero-order chi connectivity index (χ0) is 18.3. The highest BCUT2D eigenvalue weighted by Gasteiger charge is 2.26. The SMILES string of the molecule is CCCOC(=O)c1cccc(N)c1C(=O)OCC(C)(C)CN(C)C. The Balaban J connectivity index is 2.92. The van der Waals surface area contributed by atoms with Gasteiger partial charge in [0.25, 0.3) is 0 Å². The van der Waals surface area contributed by atoms with E-state index in [1.807, 2.05) is 39.8 Å². The molecular weight excluding hydrogens is 308 g/mol. The molecule has 0 saturated heterocycles. The number of nitrogen functional groups attached to an aromatic ring is 1. The molecule has 1 rings (SSSR count). The van der Waals surface area contributed by atoms with E-state index in [0.29, 0.717) is 6.42 Å². The minimum Gasteiger partial charge on any atom is -0.462 e. The van der Waals surface area contributed by atoms with Gasteiger partial charge in [-0.3, -0.25) is 0 Å². The van der Waals surface area contributed by atoms with Gasteiger partial charge in [-0.05, 0) is 32.6 Å². The molecule has 0 atom stereocenters. The second kappa shape index (κ2) is 8.68. The Morgan fingerprint density at radius 1 is 1.17 bits per heavy atom. The lowest BCUT2D eigenvalue weighted by molar-refractivity contribution is 0.0290. The fraction of sp³-hybridized carbons (Fsp3) is 0.556. The molecule has 0 aliphatic heterocycles. The molecule has 6 heteroatoms. The third-order valence-electron chi connectivity index (χ3n) is 3.30. The number of nitrogens with two attached hydrogens (primary N) is 1. The van der Waals surface area contributed by atoms with Crippen molar-refractivity contribution < 1.29 is 19.1 Å². The van der Waals surface area contributed by atoms with Crippen LogP contribution in [-0.4, -0.2) is 50.7 Å². The van der Waals surface area contributed by atoms with Crippen molar-refractivity contribution in [2.24, 2.45) is 5.41 Å². The van der Waals surface area contributed by atoms with Crippen LogP contribution in [0.5, 0.6) is 0 Å². The van der Waals surface area contributed by atoms with Gasteiger partial charge in [0.2, 0.25) is 0 Å². The van der Waals surface area contributed by atoms with Crippen LogP contribution in [0.25, 0.3) is 0 Å². The van der Waals surface area contributed by atoms with Gasteiger partial charge in [-0.15, -0.1) is 0 Å². The Kier molecular flexibility index (Phi) is 7.22. The lowest BCUT2D eigenvalue weighted by Crippen LogP contribution is -2.33. The summed E-state index contributed by atoms with van der Waals surface area (Å²) in [7, 11) is 3.92. The van der Waals surface area contributed by atoms with Crippen LogP contribution in [-0.2, 0) is 9.47 Å². The summed E-state index contributed by atoms with van der Waals surface area (Å²) < 4.78 is 10.5. The Hall–Kier alpha value is -2.08. The van der Waals surface area contributed by atoms with Crippen molar-refractivity contribution in [2.45, 2.75) is 27.2 Å². The maximum Gasteiger partial charge on any atom is 0.341 e. The Morgan fingerprint density at radius 2 is 1.83 bits per heavy atom. The smallest absolute Gasteiger partial charge is 0.341 e. The van der Waals surface area contributed by atoms with Gasteiger partial charge in [-0.1, -0.05) is 26.8 Å². The number of anilines is 1. The van der Waals surface area contributed by atoms with Gasteiger partial charge in [0, 0.05) is 17.6 Å². The number of nitrogens with zero attached hydrogens (tertiary/aromatic N) is 1. The van der Waals surface area contributed by atoms with E-state index in [1.54, 1.807) is 12.1 Å². The lowest BCUT2D eigenvalue weighted by Gasteiger charge is -2.27. The van der Waals surface area contributed by atoms with E-state index in [-0.39, 0.29) is 35.4 Å². The number of esters is 2. The van der Waals surface area contributed by atoms with Crippen molar-refractivity contribution >= 4 is 17.6 Å². The third kappa shape index (κ3) is 5.85. The molecule has 0 heterocycles. The molecule has 0 bridgehead atoms. The number of ether oxygens (including phenoxy) is 2. The molecule has 134 valence electrons. The van der Waals surface area contributed by atoms with E-state index in [9.17, 15) is 9.59 Å². The first-order valence-electron chi connectivity index (χ1n) is 8.05. The summed E-state index contributed by atoms with van der Waals surface area (Å²) in [5.74, 6) is -1.17. The minimum absolute atomic E-state index is 0.0688. The van der Waals surface area contributed by atoms with Crippen molar-refractivity contribution in [3.8, 4) is 0 Å². The van der Waals surface area contributed by atoms with Crippen LogP contribution in [0.4, 0.5) is 5.69 Å². The second-order valence-corrected chi connectivity index (χ2v) is 6.88. The van der Waals surface area contributed by atoms with Crippen LogP contribution < -0.4 is 5.73 Å². The predicted molar refractivity (Wildman–Crippen MR) is 94.0 cm³/mol. The van der Waals surface area contributed by atoms with Gasteiger partial charge in [0.05, 0.1) is 24.3 Å². The normalized spacial score (nSPS) is 11.4. The van der Waals surface area contributed by atoms with Crippen molar-refractivity contribution in [3.63, 3.8) is 0 Å². The molecule has 1 aromatic carbocycles. The first-order valence-corrected chi connectivity index (χ1v) is 8.05. The van der Waals surface area contributed by atoms with Gasteiger partial charge in [-0.25, -0.2) is 9.59 Å². The molecule has 2 N–H and O–H groups in total. The van der Waals surface area contributed by atoms with E-state index < -0.39 is 11.9 Å². The molecular formula is C18H28N2O4. The topological polar surface area (TPSA) is 81.9 Å². The largest absolute Gasteiger partial charge is 0.462 e. The Labute approximate surface area is 143 Å². The summed E-state index contributed by atoms with van der Waals surface area (Å²) in [6.07, 6.45) is 0.701. The number of benzene rings is 1. The quantitative estimate of drug-likeness (QED) is 0.580. The van der Waals surface area contributed by atoms with Gasteiger partial charge in [-0.2, -0.15) is 0 Å². The van der Waals surface area contributed by atoms with Crippen LogP contribution in [0.15, 0.2) is 18.2 Å². The third-order valence-corrected chi connectivity index (χ3v) is 3.30. The molecule has 6 nitrogen and oxygen atoms in total. The minimum atomic E-state index is -0.608. The average Bonchev–Trinajstić information content (AvgIpc) is 2.48. The first-order chi connectivity index (χ1) is 11.2. The summed E-state index contributed by atoms with van der Waals surface area (Å²) in [5.41, 5.74) is 6.09. The van der Waals surface area contributed by atoms with Gasteiger partial charge in [0.15, 0.2) is 0 Å². The summed E-state index contributed by atoms with van der Waals surface area (Å²) in [6.45, 7) is 7.18. The molecule has 0 spiro atoms. The Morgan fingerprint density at radius 3 is 2.42 bits per heavy atom. The van der Waals surface area contributed by atoms with Gasteiger partial charge >= 0.3 is 11.9 Å². The van der Waals surface area contributed by atoms with Crippen molar-refractivity contribution in [3.05, 3.63) is 29.3 Å². The number of hydrogen-bond acceptors (Lipinski definition) is 6. The molecule has 0 saturated carbocycles. The van der Waals surface area contributed by atoms with Crippen LogP contribution in [0.2, 0.25) is 0 Å². The van der Waals surface area contributed by atoms with E-state index in [4.69, 9.17) is 15.2 Å². The molecule has 0 aliphatic carbocycles. The van der Waals surface area contributed by atoms with Crippen LogP contribution >= 0.6 is 0 Å². The zero-order valence-corrected chi connectivity index (χ0v) is 15.2. The van der Waals surface area contributed by atoms with Crippen LogP contribution in [0.3, 0.4) is 0 Å². The zero-order valence-electron chi connectivity index (χ0n) is 15.2. The van der Waals surface area contributed by atoms with Crippen LogP contribution in [0.1, 0.15) is 47.9 Å². The average molecular weight is 336 g/mol. The molecule has 0 radical (unpaired) electrons. The van der Waals surface area contributed by atoms with E-state index in [1.165, 1.54) is 6.07 Å². The lowest BCUT2D eigenvalue weighted by atomic mass is 9.94. The molecule has 0 amide bonds. The highest BCUT2D eigenvalue weighted by Crippen LogP contribution is 2.22. The standard InChI is InChI=1S/C18H28N2O4/c1-6-10-23-16(21)13-8-7-9-14(19)15(13)17(22)24-12-18(2,3)11-20(4)5/h7-9H,6,10-12,19H2,1-5H3. The number of carbonyl (C=O) groups excluding carboxylic acids is 2. The summed E-state index contributed by atoms with van der Waals surface area (Å²) in [4.78, 5) is 26.6. The van der Waals surface area contributed by atoms with Crippen molar-refractivity contribution in [1.82, 2.24) is 4.90 Å². The molecule has 0 aromatic heterocycles. The molecule has 0 aliphatic rings. The Bertz CT molecular complexity index is 582. The summed E-state index contributed by atoms with van der Waals surface area (Å²) >= 11 is 0. The predicted octanol–water partition coefficient (Wildman–Crippen LogP) is 2.58. The van der Waals surface area contributed by atoms with Crippen molar-refractivity contribution in [1.29, 1.82) is 0 Å².